The van der Waals surface area contributed by atoms with Crippen LogP contribution in [0.4, 0.5) is 0 Å². The van der Waals surface area contributed by atoms with Gasteiger partial charge < -0.3 is 9.47 Å². The fraction of sp³-hybridized carbons (Fsp3) is 0.727. The standard InChI is InChI=1S/C22H33NO4S/c1-15-6-11-19-16-7-9-18(10-8-16)26-14-20-17(13-27-22(19)12-15)4-3-5-21(20)23-28(2,24)25/h6,11-12,16-18,20-21,23H,3-5,7-10,13-14H2,1-2H3/t16-,17?,18+,20-,21+/m1/s1. The fourth-order valence-corrected chi connectivity index (χ4v) is 6.17. The van der Waals surface area contributed by atoms with E-state index in [0.29, 0.717) is 31.2 Å². The van der Waals surface area contributed by atoms with Gasteiger partial charge in [-0.25, -0.2) is 13.1 Å². The zero-order valence-electron chi connectivity index (χ0n) is 17.0. The van der Waals surface area contributed by atoms with E-state index in [1.165, 1.54) is 17.4 Å². The number of hydrogen-bond acceptors (Lipinski definition) is 4. The second-order valence-electron chi connectivity index (χ2n) is 9.01. The molecule has 2 aliphatic heterocycles. The molecule has 0 aromatic heterocycles. The predicted octanol–water partition coefficient (Wildman–Crippen LogP) is 3.76. The van der Waals surface area contributed by atoms with Gasteiger partial charge in [0.05, 0.1) is 25.6 Å². The molecule has 5 nitrogen and oxygen atoms in total. The van der Waals surface area contributed by atoms with Gasteiger partial charge in [-0.2, -0.15) is 0 Å². The lowest BCUT2D eigenvalue weighted by Gasteiger charge is -2.40. The quantitative estimate of drug-likeness (QED) is 0.811. The largest absolute Gasteiger partial charge is 0.493 e. The molecule has 28 heavy (non-hydrogen) atoms. The SMILES string of the molecule is Cc1ccc2c(c1)OCC1CCC[C@H](NS(C)(=O)=O)[C@@H]1CO[C@H]1CC[C@@H]2CC1. The Bertz CT molecular complexity index is 786. The molecule has 5 rings (SSSR count). The Morgan fingerprint density at radius 2 is 1.82 bits per heavy atom. The van der Waals surface area contributed by atoms with Gasteiger partial charge in [0, 0.05) is 12.0 Å². The molecule has 0 saturated heterocycles. The molecule has 6 heteroatoms. The number of sulfonamides is 1. The molecular weight excluding hydrogens is 374 g/mol. The summed E-state index contributed by atoms with van der Waals surface area (Å²) in [6.45, 7) is 3.36. The molecule has 2 bridgehead atoms. The van der Waals surface area contributed by atoms with Crippen LogP contribution in [0.2, 0.25) is 0 Å². The molecular formula is C22H33NO4S. The number of benzene rings is 1. The molecule has 3 atom stereocenters. The van der Waals surface area contributed by atoms with E-state index in [1.54, 1.807) is 0 Å². The molecule has 0 amide bonds. The highest BCUT2D eigenvalue weighted by Gasteiger charge is 2.37. The van der Waals surface area contributed by atoms with Crippen molar-refractivity contribution in [1.82, 2.24) is 4.72 Å². The van der Waals surface area contributed by atoms with Crippen LogP contribution in [0.1, 0.15) is 62.0 Å². The number of aryl methyl sites for hydroxylation is 1. The summed E-state index contributed by atoms with van der Waals surface area (Å²) in [5.74, 6) is 2.05. The van der Waals surface area contributed by atoms with Crippen LogP contribution < -0.4 is 9.46 Å². The summed E-state index contributed by atoms with van der Waals surface area (Å²) in [6.07, 6.45) is 8.90. The van der Waals surface area contributed by atoms with Crippen molar-refractivity contribution in [1.29, 1.82) is 0 Å². The third-order valence-corrected chi connectivity index (χ3v) is 7.57. The van der Waals surface area contributed by atoms with Crippen LogP contribution >= 0.6 is 0 Å². The Hall–Kier alpha value is -1.11. The van der Waals surface area contributed by atoms with E-state index < -0.39 is 10.0 Å². The zero-order chi connectivity index (χ0) is 19.7. The zero-order valence-corrected chi connectivity index (χ0v) is 17.8. The maximum absolute atomic E-state index is 11.9. The van der Waals surface area contributed by atoms with Gasteiger partial charge in [0.1, 0.15) is 5.75 Å². The minimum absolute atomic E-state index is 0.0615. The van der Waals surface area contributed by atoms with Crippen LogP contribution in [-0.4, -0.2) is 40.0 Å². The lowest BCUT2D eigenvalue weighted by molar-refractivity contribution is -0.0298. The number of ether oxygens (including phenoxy) is 2. The van der Waals surface area contributed by atoms with Gasteiger partial charge in [0.25, 0.3) is 0 Å². The normalized spacial score (nSPS) is 33.7. The third-order valence-electron chi connectivity index (χ3n) is 6.84. The van der Waals surface area contributed by atoms with Crippen LogP contribution in [0.5, 0.6) is 5.75 Å². The van der Waals surface area contributed by atoms with Crippen LogP contribution in [0.3, 0.4) is 0 Å². The van der Waals surface area contributed by atoms with Crippen molar-refractivity contribution in [2.75, 3.05) is 19.5 Å². The lowest BCUT2D eigenvalue weighted by atomic mass is 9.76. The second-order valence-corrected chi connectivity index (χ2v) is 10.8. The first kappa shape index (κ1) is 20.2. The van der Waals surface area contributed by atoms with Crippen molar-refractivity contribution in [2.45, 2.75) is 69.9 Å². The van der Waals surface area contributed by atoms with E-state index in [1.807, 2.05) is 0 Å². The number of hydrogen-bond donors (Lipinski definition) is 1. The van der Waals surface area contributed by atoms with E-state index in [0.717, 1.165) is 50.7 Å². The van der Waals surface area contributed by atoms with E-state index in [-0.39, 0.29) is 12.0 Å². The van der Waals surface area contributed by atoms with Gasteiger partial charge in [-0.05, 0) is 74.5 Å². The topological polar surface area (TPSA) is 64.6 Å². The van der Waals surface area contributed by atoms with Crippen LogP contribution in [0, 0.1) is 18.8 Å². The maximum Gasteiger partial charge on any atom is 0.208 e. The molecule has 2 heterocycles. The van der Waals surface area contributed by atoms with Gasteiger partial charge >= 0.3 is 0 Å². The molecule has 2 fully saturated rings. The average molecular weight is 408 g/mol. The molecule has 0 radical (unpaired) electrons. The van der Waals surface area contributed by atoms with E-state index >= 15 is 0 Å². The Morgan fingerprint density at radius 3 is 2.57 bits per heavy atom. The summed E-state index contributed by atoms with van der Waals surface area (Å²) in [5, 5.41) is 0. The predicted molar refractivity (Wildman–Crippen MR) is 110 cm³/mol. The summed E-state index contributed by atoms with van der Waals surface area (Å²) in [5.41, 5.74) is 2.56. The number of nitrogens with one attached hydrogen (secondary N) is 1. The molecule has 1 aromatic carbocycles. The minimum atomic E-state index is -3.24. The van der Waals surface area contributed by atoms with Gasteiger partial charge in [-0.15, -0.1) is 0 Å². The summed E-state index contributed by atoms with van der Waals surface area (Å²) in [4.78, 5) is 0. The first-order chi connectivity index (χ1) is 13.4. The average Bonchev–Trinajstić information content (AvgIpc) is 2.64. The summed E-state index contributed by atoms with van der Waals surface area (Å²) < 4.78 is 39.4. The Labute approximate surface area is 169 Å². The monoisotopic (exact) mass is 407 g/mol. The summed E-state index contributed by atoms with van der Waals surface area (Å²) >= 11 is 0. The molecule has 1 aromatic rings. The number of fused-ring (bicyclic) bond motifs is 4. The number of rotatable bonds is 2. The van der Waals surface area contributed by atoms with Crippen LogP contribution in [0.15, 0.2) is 18.2 Å². The third kappa shape index (κ3) is 4.71. The Morgan fingerprint density at radius 1 is 1.04 bits per heavy atom. The molecule has 1 unspecified atom stereocenters. The smallest absolute Gasteiger partial charge is 0.208 e. The van der Waals surface area contributed by atoms with Crippen LogP contribution in [-0.2, 0) is 14.8 Å². The molecule has 0 spiro atoms. The first-order valence-corrected chi connectivity index (χ1v) is 12.6. The molecule has 1 N–H and O–H groups in total. The first-order valence-electron chi connectivity index (χ1n) is 10.7. The van der Waals surface area contributed by atoms with Gasteiger partial charge in [0.2, 0.25) is 10.0 Å². The highest BCUT2D eigenvalue weighted by Crippen LogP contribution is 2.41. The van der Waals surface area contributed by atoms with Crippen molar-refractivity contribution in [3.05, 3.63) is 29.3 Å². The molecule has 4 aliphatic rings. The van der Waals surface area contributed by atoms with Crippen molar-refractivity contribution < 1.29 is 17.9 Å². The highest BCUT2D eigenvalue weighted by atomic mass is 32.2. The van der Waals surface area contributed by atoms with E-state index in [4.69, 9.17) is 9.47 Å². The maximum atomic E-state index is 11.9. The van der Waals surface area contributed by atoms with Crippen molar-refractivity contribution in [3.63, 3.8) is 0 Å². The Kier molecular flexibility index (Phi) is 6.00. The summed E-state index contributed by atoms with van der Waals surface area (Å²) in [7, 11) is -3.24. The summed E-state index contributed by atoms with van der Waals surface area (Å²) in [6, 6.07) is 6.54. The van der Waals surface area contributed by atoms with Gasteiger partial charge in [0.15, 0.2) is 0 Å². The van der Waals surface area contributed by atoms with Crippen LogP contribution in [0.25, 0.3) is 0 Å². The highest BCUT2D eigenvalue weighted by molar-refractivity contribution is 7.88. The van der Waals surface area contributed by atoms with E-state index in [9.17, 15) is 8.42 Å². The van der Waals surface area contributed by atoms with Gasteiger partial charge in [-0.1, -0.05) is 18.6 Å². The fourth-order valence-electron chi connectivity index (χ4n) is 5.33. The minimum Gasteiger partial charge on any atom is -0.493 e. The van der Waals surface area contributed by atoms with Crippen molar-refractivity contribution in [3.8, 4) is 5.75 Å². The molecule has 156 valence electrons. The second kappa shape index (κ2) is 8.33. The van der Waals surface area contributed by atoms with Gasteiger partial charge in [-0.3, -0.25) is 0 Å². The Balaban J connectivity index is 1.62. The molecule has 2 saturated carbocycles. The van der Waals surface area contributed by atoms with Crippen molar-refractivity contribution >= 4 is 10.0 Å². The lowest BCUT2D eigenvalue weighted by Crippen LogP contribution is -2.48. The van der Waals surface area contributed by atoms with Crippen molar-refractivity contribution in [2.24, 2.45) is 11.8 Å². The molecule has 2 aliphatic carbocycles. The van der Waals surface area contributed by atoms with E-state index in [2.05, 4.69) is 29.8 Å².